The van der Waals surface area contributed by atoms with E-state index in [0.717, 1.165) is 22.3 Å². The zero-order chi connectivity index (χ0) is 27.4. The van der Waals surface area contributed by atoms with Gasteiger partial charge in [-0.3, -0.25) is 0 Å². The van der Waals surface area contributed by atoms with Gasteiger partial charge in [-0.2, -0.15) is 0 Å². The summed E-state index contributed by atoms with van der Waals surface area (Å²) in [6, 6.07) is 27.3. The minimum atomic E-state index is -0.568. The molecule has 0 fully saturated rings. The van der Waals surface area contributed by atoms with Gasteiger partial charge < -0.3 is 14.5 Å². The molecule has 0 aliphatic carbocycles. The number of nitrogens with zero attached hydrogens (tertiary/aromatic N) is 2. The number of hydrogen-bond donors (Lipinski definition) is 0. The van der Waals surface area contributed by atoms with Gasteiger partial charge >= 0.3 is 0 Å². The molecule has 1 aliphatic rings. The summed E-state index contributed by atoms with van der Waals surface area (Å²) < 4.78 is 33.8. The standard InChI is InChI=1S/C31H25Cl3F2N2O.ClH/c32-25-9-1-21(2-10-25)19-39-30(24-3-11-26(33)12-4-24)31(34)38-18-17-37(20-38)29(22-5-13-27(35)14-6-22)23-7-15-28(36)16-8-23;/h1-18,29-31H,19-20H2;1H. The second-order valence-electron chi connectivity index (χ2n) is 9.26. The molecule has 2 atom stereocenters. The van der Waals surface area contributed by atoms with Gasteiger partial charge in [0, 0.05) is 22.4 Å². The molecule has 1 heterocycles. The summed E-state index contributed by atoms with van der Waals surface area (Å²) in [5, 5.41) is 1.28. The number of rotatable bonds is 9. The van der Waals surface area contributed by atoms with Gasteiger partial charge in [-0.15, -0.1) is 12.4 Å². The van der Waals surface area contributed by atoms with Crippen molar-refractivity contribution in [3.8, 4) is 0 Å². The van der Waals surface area contributed by atoms with Crippen molar-refractivity contribution in [2.24, 2.45) is 0 Å². The Morgan fingerprint density at radius 1 is 0.650 bits per heavy atom. The van der Waals surface area contributed by atoms with Crippen LogP contribution in [0.15, 0.2) is 109 Å². The normalized spacial score (nSPS) is 14.3. The fourth-order valence-corrected chi connectivity index (χ4v) is 5.17. The largest absolute Gasteiger partial charge is 0.365 e. The molecule has 4 aromatic carbocycles. The van der Waals surface area contributed by atoms with Crippen molar-refractivity contribution in [2.45, 2.75) is 24.3 Å². The third-order valence-corrected chi connectivity index (χ3v) is 7.57. The molecule has 1 aliphatic heterocycles. The maximum atomic E-state index is 13.7. The molecule has 0 amide bonds. The molecule has 9 heteroatoms. The molecule has 4 aromatic rings. The van der Waals surface area contributed by atoms with Crippen LogP contribution in [-0.2, 0) is 11.3 Å². The van der Waals surface area contributed by atoms with E-state index in [0.29, 0.717) is 23.3 Å². The molecule has 0 radical (unpaired) electrons. The van der Waals surface area contributed by atoms with Crippen LogP contribution in [0.4, 0.5) is 8.78 Å². The third-order valence-electron chi connectivity index (χ3n) is 6.59. The van der Waals surface area contributed by atoms with Crippen LogP contribution in [0, 0.1) is 11.6 Å². The third kappa shape index (κ3) is 7.28. The van der Waals surface area contributed by atoms with Gasteiger partial charge in [0.25, 0.3) is 0 Å². The monoisotopic (exact) mass is 620 g/mol. The van der Waals surface area contributed by atoms with E-state index in [9.17, 15) is 8.78 Å². The lowest BCUT2D eigenvalue weighted by atomic mass is 9.97. The summed E-state index contributed by atoms with van der Waals surface area (Å²) in [4.78, 5) is 4.05. The van der Waals surface area contributed by atoms with Crippen molar-refractivity contribution in [2.75, 3.05) is 6.67 Å². The van der Waals surface area contributed by atoms with Gasteiger partial charge in [0.15, 0.2) is 0 Å². The highest BCUT2D eigenvalue weighted by Crippen LogP contribution is 2.36. The molecule has 0 bridgehead atoms. The first-order valence-corrected chi connectivity index (χ1v) is 13.5. The van der Waals surface area contributed by atoms with Gasteiger partial charge in [0.05, 0.1) is 19.3 Å². The first-order chi connectivity index (χ1) is 18.9. The molecule has 0 N–H and O–H groups in total. The van der Waals surface area contributed by atoms with Gasteiger partial charge in [0.2, 0.25) is 0 Å². The van der Waals surface area contributed by atoms with Crippen molar-refractivity contribution in [1.82, 2.24) is 9.80 Å². The molecule has 0 saturated carbocycles. The minimum absolute atomic E-state index is 0. The van der Waals surface area contributed by atoms with Crippen molar-refractivity contribution < 1.29 is 13.5 Å². The number of benzene rings is 4. The van der Waals surface area contributed by atoms with Crippen LogP contribution in [0.1, 0.15) is 34.4 Å². The fraction of sp³-hybridized carbons (Fsp3) is 0.161. The molecule has 40 heavy (non-hydrogen) atoms. The molecule has 2 unspecified atom stereocenters. The van der Waals surface area contributed by atoms with Crippen LogP contribution in [0.3, 0.4) is 0 Å². The van der Waals surface area contributed by atoms with E-state index in [1.807, 2.05) is 65.8 Å². The first-order valence-electron chi connectivity index (χ1n) is 12.3. The average molecular weight is 622 g/mol. The molecule has 5 rings (SSSR count). The highest BCUT2D eigenvalue weighted by molar-refractivity contribution is 6.30. The summed E-state index contributed by atoms with van der Waals surface area (Å²) in [5.74, 6) is -0.640. The van der Waals surface area contributed by atoms with Gasteiger partial charge in [-0.1, -0.05) is 83.3 Å². The van der Waals surface area contributed by atoms with E-state index in [1.54, 1.807) is 24.3 Å². The molecule has 0 aromatic heterocycles. The number of ether oxygens (including phenoxy) is 1. The smallest absolute Gasteiger partial charge is 0.135 e. The van der Waals surface area contributed by atoms with Crippen molar-refractivity contribution in [3.63, 3.8) is 0 Å². The Morgan fingerprint density at radius 3 is 1.62 bits per heavy atom. The maximum absolute atomic E-state index is 13.7. The Labute approximate surface area is 253 Å². The Hall–Kier alpha value is -2.80. The summed E-state index contributed by atoms with van der Waals surface area (Å²) in [5.41, 5.74) is 3.02. The van der Waals surface area contributed by atoms with Crippen molar-refractivity contribution >= 4 is 47.2 Å². The first kappa shape index (κ1) is 30.2. The second kappa shape index (κ2) is 13.7. The van der Waals surface area contributed by atoms with Crippen LogP contribution < -0.4 is 0 Å². The Bertz CT molecular complexity index is 1360. The predicted octanol–water partition coefficient (Wildman–Crippen LogP) is 9.35. The Balaban J connectivity index is 0.00000370. The highest BCUT2D eigenvalue weighted by Gasteiger charge is 2.32. The number of alkyl halides is 1. The van der Waals surface area contributed by atoms with Crippen molar-refractivity contribution in [1.29, 1.82) is 0 Å². The van der Waals surface area contributed by atoms with E-state index >= 15 is 0 Å². The Morgan fingerprint density at radius 2 is 1.10 bits per heavy atom. The van der Waals surface area contributed by atoms with Crippen LogP contribution in [0.25, 0.3) is 0 Å². The van der Waals surface area contributed by atoms with Crippen LogP contribution >= 0.6 is 47.2 Å². The quantitative estimate of drug-likeness (QED) is 0.137. The van der Waals surface area contributed by atoms with Crippen LogP contribution in [-0.4, -0.2) is 22.0 Å². The molecular formula is C31H26Cl4F2N2O. The van der Waals surface area contributed by atoms with E-state index < -0.39 is 11.6 Å². The molecule has 208 valence electrons. The molecule has 0 saturated heterocycles. The lowest BCUT2D eigenvalue weighted by molar-refractivity contribution is 0.00579. The van der Waals surface area contributed by atoms with Crippen LogP contribution in [0.2, 0.25) is 10.0 Å². The lowest BCUT2D eigenvalue weighted by Gasteiger charge is -2.34. The lowest BCUT2D eigenvalue weighted by Crippen LogP contribution is -2.37. The van der Waals surface area contributed by atoms with Gasteiger partial charge in [-0.25, -0.2) is 8.78 Å². The van der Waals surface area contributed by atoms with Crippen molar-refractivity contribution in [3.05, 3.63) is 153 Å². The van der Waals surface area contributed by atoms with Gasteiger partial charge in [0.1, 0.15) is 23.2 Å². The summed E-state index contributed by atoms with van der Waals surface area (Å²) >= 11 is 19.3. The Kier molecular flexibility index (Phi) is 10.3. The van der Waals surface area contributed by atoms with E-state index in [2.05, 4.69) is 4.90 Å². The summed E-state index contributed by atoms with van der Waals surface area (Å²) in [7, 11) is 0. The molecule has 0 spiro atoms. The average Bonchev–Trinajstić information content (AvgIpc) is 3.43. The molecule has 3 nitrogen and oxygen atoms in total. The maximum Gasteiger partial charge on any atom is 0.135 e. The predicted molar refractivity (Wildman–Crippen MR) is 160 cm³/mol. The van der Waals surface area contributed by atoms with E-state index in [-0.39, 0.29) is 30.1 Å². The second-order valence-corrected chi connectivity index (χ2v) is 10.6. The number of halogens is 6. The topological polar surface area (TPSA) is 15.7 Å². The van der Waals surface area contributed by atoms with Gasteiger partial charge in [-0.05, 0) is 70.8 Å². The SMILES string of the molecule is Cl.Fc1ccc(C(c2ccc(F)cc2)N2C=CN(C(Cl)C(OCc3ccc(Cl)cc3)c3ccc(Cl)cc3)C2)cc1. The number of hydrogen-bond acceptors (Lipinski definition) is 3. The minimum Gasteiger partial charge on any atom is -0.365 e. The van der Waals surface area contributed by atoms with E-state index in [4.69, 9.17) is 39.5 Å². The van der Waals surface area contributed by atoms with E-state index in [1.165, 1.54) is 24.3 Å². The van der Waals surface area contributed by atoms with Crippen LogP contribution in [0.5, 0.6) is 0 Å². The summed E-state index contributed by atoms with van der Waals surface area (Å²) in [6.07, 6.45) is 3.36. The molecular weight excluding hydrogens is 596 g/mol. The zero-order valence-electron chi connectivity index (χ0n) is 21.1. The fourth-order valence-electron chi connectivity index (χ4n) is 4.58. The zero-order valence-corrected chi connectivity index (χ0v) is 24.2. The highest BCUT2D eigenvalue weighted by atomic mass is 35.5. The summed E-state index contributed by atoms with van der Waals surface area (Å²) in [6.45, 7) is 0.769.